The summed E-state index contributed by atoms with van der Waals surface area (Å²) in [5.41, 5.74) is 1.43. The second kappa shape index (κ2) is 9.20. The molecule has 0 radical (unpaired) electrons. The number of carbonyl (C=O) groups is 1. The van der Waals surface area contributed by atoms with Gasteiger partial charge in [-0.3, -0.25) is 4.79 Å². The van der Waals surface area contributed by atoms with Gasteiger partial charge in [0.1, 0.15) is 11.6 Å². The molecule has 2 aromatic rings. The number of nitrogens with zero attached hydrogens (tertiary/aromatic N) is 3. The van der Waals surface area contributed by atoms with Crippen molar-refractivity contribution < 1.29 is 4.79 Å². The van der Waals surface area contributed by atoms with Gasteiger partial charge in [-0.25, -0.2) is 0 Å². The molecule has 0 aromatic heterocycles. The van der Waals surface area contributed by atoms with E-state index in [1.54, 1.807) is 24.4 Å². The largest absolute Gasteiger partial charge is 0.373 e. The van der Waals surface area contributed by atoms with Crippen LogP contribution in [0.25, 0.3) is 0 Å². The van der Waals surface area contributed by atoms with E-state index in [0.29, 0.717) is 28.8 Å². The Hall–Kier alpha value is -2.39. The molecular weight excluding hydrogens is 419 g/mol. The van der Waals surface area contributed by atoms with Crippen LogP contribution in [0.4, 0.5) is 11.4 Å². The molecule has 2 aromatic carbocycles. The number of amides is 1. The minimum atomic E-state index is -0.524. The highest BCUT2D eigenvalue weighted by Gasteiger charge is 2.18. The maximum atomic E-state index is 12.4. The third-order valence-electron chi connectivity index (χ3n) is 4.36. The first-order valence-electron chi connectivity index (χ1n) is 8.60. The fourth-order valence-corrected chi connectivity index (χ4v) is 3.43. The van der Waals surface area contributed by atoms with Gasteiger partial charge < -0.3 is 15.1 Å². The van der Waals surface area contributed by atoms with E-state index in [1.807, 2.05) is 35.2 Å². The lowest BCUT2D eigenvalue weighted by atomic mass is 10.2. The molecule has 0 spiro atoms. The summed E-state index contributed by atoms with van der Waals surface area (Å²) in [5.74, 6) is -0.524. The number of carbonyl (C=O) groups excluding carboxylic acids is 1. The summed E-state index contributed by atoms with van der Waals surface area (Å²) in [4.78, 5) is 16.6. The Morgan fingerprint density at radius 3 is 2.46 bits per heavy atom. The maximum absolute atomic E-state index is 12.4. The molecule has 0 aliphatic carbocycles. The zero-order valence-electron chi connectivity index (χ0n) is 14.8. The van der Waals surface area contributed by atoms with Crippen LogP contribution < -0.4 is 10.2 Å². The zero-order chi connectivity index (χ0) is 20.1. The number of piperazine rings is 1. The molecule has 28 heavy (non-hydrogen) atoms. The number of hydrogen-bond donors (Lipinski definition) is 1. The van der Waals surface area contributed by atoms with Gasteiger partial charge in [0.05, 0.1) is 15.7 Å². The Bertz CT molecular complexity index is 947. The molecule has 1 amide bonds. The molecule has 1 heterocycles. The maximum Gasteiger partial charge on any atom is 0.267 e. The first kappa shape index (κ1) is 20.3. The van der Waals surface area contributed by atoms with E-state index in [4.69, 9.17) is 34.8 Å². The molecule has 1 aliphatic heterocycles. The first-order chi connectivity index (χ1) is 13.5. The predicted molar refractivity (Wildman–Crippen MR) is 114 cm³/mol. The summed E-state index contributed by atoms with van der Waals surface area (Å²) in [7, 11) is 0. The summed E-state index contributed by atoms with van der Waals surface area (Å²) < 4.78 is 0. The van der Waals surface area contributed by atoms with E-state index >= 15 is 0 Å². The lowest BCUT2D eigenvalue weighted by Gasteiger charge is -2.35. The Kier molecular flexibility index (Phi) is 6.69. The smallest absolute Gasteiger partial charge is 0.267 e. The molecule has 1 aliphatic rings. The van der Waals surface area contributed by atoms with Gasteiger partial charge >= 0.3 is 0 Å². The van der Waals surface area contributed by atoms with Gasteiger partial charge in [0.25, 0.3) is 5.91 Å². The number of anilines is 2. The summed E-state index contributed by atoms with van der Waals surface area (Å²) in [6.07, 6.45) is 1.59. The highest BCUT2D eigenvalue weighted by Crippen LogP contribution is 2.29. The lowest BCUT2D eigenvalue weighted by Crippen LogP contribution is -2.44. The Balaban J connectivity index is 1.64. The second-order valence-corrected chi connectivity index (χ2v) is 7.43. The van der Waals surface area contributed by atoms with Gasteiger partial charge in [0.2, 0.25) is 0 Å². The van der Waals surface area contributed by atoms with Gasteiger partial charge in [-0.1, -0.05) is 46.9 Å². The van der Waals surface area contributed by atoms with Crippen LogP contribution >= 0.6 is 34.8 Å². The number of nitriles is 1. The summed E-state index contributed by atoms with van der Waals surface area (Å²) >= 11 is 18.1. The molecule has 0 saturated carbocycles. The fourth-order valence-electron chi connectivity index (χ4n) is 2.89. The van der Waals surface area contributed by atoms with Gasteiger partial charge in [-0.05, 0) is 30.3 Å². The standard InChI is InChI=1S/C20H17Cl3N4O/c21-15-3-1-4-16(11-15)27-9-7-26(8-10-27)13-14(12-24)20(28)25-18-6-2-5-17(22)19(18)23/h1-6,11,13H,7-10H2,(H,25,28)/b14-13-. The number of nitrogens with one attached hydrogen (secondary N) is 1. The summed E-state index contributed by atoms with van der Waals surface area (Å²) in [6, 6.07) is 14.6. The Morgan fingerprint density at radius 2 is 1.79 bits per heavy atom. The third-order valence-corrected chi connectivity index (χ3v) is 5.42. The van der Waals surface area contributed by atoms with Crippen molar-refractivity contribution in [2.24, 2.45) is 0 Å². The van der Waals surface area contributed by atoms with Crippen molar-refractivity contribution in [1.82, 2.24) is 4.90 Å². The van der Waals surface area contributed by atoms with Crippen molar-refractivity contribution in [2.45, 2.75) is 0 Å². The van der Waals surface area contributed by atoms with E-state index in [1.165, 1.54) is 0 Å². The van der Waals surface area contributed by atoms with Crippen LogP contribution in [0.2, 0.25) is 15.1 Å². The molecular formula is C20H17Cl3N4O. The minimum Gasteiger partial charge on any atom is -0.373 e. The number of hydrogen-bond acceptors (Lipinski definition) is 4. The van der Waals surface area contributed by atoms with Gasteiger partial charge in [0.15, 0.2) is 0 Å². The molecule has 1 fully saturated rings. The number of benzene rings is 2. The lowest BCUT2D eigenvalue weighted by molar-refractivity contribution is -0.112. The minimum absolute atomic E-state index is 0.00671. The third kappa shape index (κ3) is 4.90. The average molecular weight is 436 g/mol. The van der Waals surface area contributed by atoms with Gasteiger partial charge in [-0.15, -0.1) is 0 Å². The molecule has 0 atom stereocenters. The summed E-state index contributed by atoms with van der Waals surface area (Å²) in [6.45, 7) is 2.89. The molecule has 1 saturated heterocycles. The Morgan fingerprint density at radius 1 is 1.07 bits per heavy atom. The second-order valence-electron chi connectivity index (χ2n) is 6.21. The van der Waals surface area contributed by atoms with Crippen LogP contribution in [-0.4, -0.2) is 37.0 Å². The molecule has 5 nitrogen and oxygen atoms in total. The van der Waals surface area contributed by atoms with Crippen molar-refractivity contribution in [2.75, 3.05) is 36.4 Å². The predicted octanol–water partition coefficient (Wildman–Crippen LogP) is 4.81. The SMILES string of the molecule is N#C/C(=C/N1CCN(c2cccc(Cl)c2)CC1)C(=O)Nc1cccc(Cl)c1Cl. The monoisotopic (exact) mass is 434 g/mol. The molecule has 0 unspecified atom stereocenters. The quantitative estimate of drug-likeness (QED) is 0.553. The van der Waals surface area contributed by atoms with E-state index in [2.05, 4.69) is 10.2 Å². The highest BCUT2D eigenvalue weighted by atomic mass is 35.5. The summed E-state index contributed by atoms with van der Waals surface area (Å²) in [5, 5.41) is 13.3. The van der Waals surface area contributed by atoms with E-state index in [-0.39, 0.29) is 10.6 Å². The van der Waals surface area contributed by atoms with E-state index < -0.39 is 5.91 Å². The normalized spacial score (nSPS) is 14.6. The molecule has 8 heteroatoms. The average Bonchev–Trinajstić information content (AvgIpc) is 2.70. The van der Waals surface area contributed by atoms with Crippen molar-refractivity contribution in [3.05, 3.63) is 69.3 Å². The van der Waals surface area contributed by atoms with Crippen molar-refractivity contribution >= 4 is 52.1 Å². The highest BCUT2D eigenvalue weighted by molar-refractivity contribution is 6.44. The number of rotatable bonds is 4. The van der Waals surface area contributed by atoms with Gasteiger partial charge in [0, 0.05) is 43.1 Å². The topological polar surface area (TPSA) is 59.4 Å². The van der Waals surface area contributed by atoms with Crippen LogP contribution in [0.5, 0.6) is 0 Å². The van der Waals surface area contributed by atoms with Crippen LogP contribution in [0.3, 0.4) is 0 Å². The van der Waals surface area contributed by atoms with Crippen LogP contribution in [0.15, 0.2) is 54.2 Å². The zero-order valence-corrected chi connectivity index (χ0v) is 17.1. The first-order valence-corrected chi connectivity index (χ1v) is 9.73. The fraction of sp³-hybridized carbons (Fsp3) is 0.200. The van der Waals surface area contributed by atoms with Gasteiger partial charge in [-0.2, -0.15) is 5.26 Å². The Labute approximate surface area is 178 Å². The van der Waals surface area contributed by atoms with Crippen molar-refractivity contribution in [1.29, 1.82) is 5.26 Å². The molecule has 0 bridgehead atoms. The number of halogens is 3. The molecule has 1 N–H and O–H groups in total. The van der Waals surface area contributed by atoms with Crippen molar-refractivity contribution in [3.8, 4) is 6.07 Å². The molecule has 3 rings (SSSR count). The van der Waals surface area contributed by atoms with Crippen molar-refractivity contribution in [3.63, 3.8) is 0 Å². The van der Waals surface area contributed by atoms with E-state index in [9.17, 15) is 10.1 Å². The molecule has 144 valence electrons. The van der Waals surface area contributed by atoms with Crippen LogP contribution in [-0.2, 0) is 4.79 Å². The van der Waals surface area contributed by atoms with Crippen LogP contribution in [0.1, 0.15) is 0 Å². The van der Waals surface area contributed by atoms with Crippen LogP contribution in [0, 0.1) is 11.3 Å². The van der Waals surface area contributed by atoms with E-state index in [0.717, 1.165) is 18.8 Å².